The maximum atomic E-state index is 12.2. The molecule has 0 fully saturated rings. The van der Waals surface area contributed by atoms with Gasteiger partial charge in [0.15, 0.2) is 0 Å². The van der Waals surface area contributed by atoms with Crippen LogP contribution in [0.15, 0.2) is 103 Å². The summed E-state index contributed by atoms with van der Waals surface area (Å²) >= 11 is 0. The van der Waals surface area contributed by atoms with Gasteiger partial charge in [-0.2, -0.15) is 0 Å². The van der Waals surface area contributed by atoms with Crippen molar-refractivity contribution in [2.24, 2.45) is 0 Å². The van der Waals surface area contributed by atoms with Crippen LogP contribution in [-0.4, -0.2) is 18.4 Å². The van der Waals surface area contributed by atoms with Crippen molar-refractivity contribution >= 4 is 29.5 Å². The van der Waals surface area contributed by atoms with Crippen LogP contribution in [0.25, 0.3) is 10.9 Å². The molecule has 0 radical (unpaired) electrons. The molecule has 1 aliphatic rings. The topological polar surface area (TPSA) is 35.5 Å². The number of rotatable bonds is 5. The monoisotopic (exact) mass is 414 g/mol. The van der Waals surface area contributed by atoms with Crippen molar-refractivity contribution < 1.29 is 13.8 Å². The minimum atomic E-state index is -2.90. The number of hydrogen-bond donors (Lipinski definition) is 0. The summed E-state index contributed by atoms with van der Waals surface area (Å²) in [5.74, 6) is -0.364. The summed E-state index contributed by atoms with van der Waals surface area (Å²) < 4.78 is 12.2. The molecule has 150 valence electrons. The second-order valence-electron chi connectivity index (χ2n) is 6.93. The van der Waals surface area contributed by atoms with Gasteiger partial charge in [-0.05, 0) is 34.4 Å². The first-order valence-electron chi connectivity index (χ1n) is 9.77. The lowest BCUT2D eigenvalue weighted by atomic mass is 10.0. The highest BCUT2D eigenvalue weighted by atomic mass is 31.2. The van der Waals surface area contributed by atoms with Crippen LogP contribution in [0.5, 0.6) is 0 Å². The van der Waals surface area contributed by atoms with Crippen LogP contribution in [0.1, 0.15) is 23.6 Å². The molecule has 0 aliphatic carbocycles. The number of carbonyl (C=O) groups excluding carboxylic acids is 1. The van der Waals surface area contributed by atoms with Crippen LogP contribution in [0.4, 0.5) is 0 Å². The highest BCUT2D eigenvalue weighted by molar-refractivity contribution is 7.78. The summed E-state index contributed by atoms with van der Waals surface area (Å²) in [6.07, 6.45) is 4.19. The van der Waals surface area contributed by atoms with Crippen molar-refractivity contribution in [3.8, 4) is 0 Å². The average Bonchev–Trinajstić information content (AvgIpc) is 2.80. The fourth-order valence-corrected chi connectivity index (χ4v) is 6.55. The quantitative estimate of drug-likeness (QED) is 0.453. The molecule has 0 saturated heterocycles. The Labute approximate surface area is 177 Å². The molecule has 3 aromatic rings. The predicted octanol–water partition coefficient (Wildman–Crippen LogP) is 6.40. The molecule has 1 unspecified atom stereocenters. The second kappa shape index (κ2) is 8.71. The van der Waals surface area contributed by atoms with E-state index in [1.807, 2.05) is 78.9 Å². The van der Waals surface area contributed by atoms with Gasteiger partial charge in [0.1, 0.15) is 0 Å². The molecule has 0 spiro atoms. The highest BCUT2D eigenvalue weighted by Gasteiger charge is 2.35. The molecule has 0 bridgehead atoms. The Morgan fingerprint density at radius 1 is 0.700 bits per heavy atom. The van der Waals surface area contributed by atoms with E-state index in [1.165, 1.54) is 6.92 Å². The molecule has 1 atom stereocenters. The third-order valence-corrected chi connectivity index (χ3v) is 8.05. The Bertz CT molecular complexity index is 1160. The summed E-state index contributed by atoms with van der Waals surface area (Å²) in [6, 6.07) is 30.2. The number of hydrogen-bond acceptors (Lipinski definition) is 3. The Kier molecular flexibility index (Phi) is 5.85. The van der Waals surface area contributed by atoms with E-state index in [9.17, 15) is 4.79 Å². The summed E-state index contributed by atoms with van der Waals surface area (Å²) in [5, 5.41) is 1.78. The van der Waals surface area contributed by atoms with E-state index in [-0.39, 0.29) is 5.97 Å². The molecule has 3 nitrogen and oxygen atoms in total. The number of allylic oxidation sites excluding steroid dienone is 3. The van der Waals surface area contributed by atoms with E-state index in [2.05, 4.69) is 24.3 Å². The van der Waals surface area contributed by atoms with Gasteiger partial charge in [-0.3, -0.25) is 4.79 Å². The van der Waals surface area contributed by atoms with Gasteiger partial charge in [0.2, 0.25) is 7.34 Å². The Hall–Kier alpha value is -3.13. The lowest BCUT2D eigenvalue weighted by Crippen LogP contribution is -2.14. The molecular formula is C26H23O3P. The molecule has 4 heteroatoms. The van der Waals surface area contributed by atoms with Crippen LogP contribution >= 0.6 is 7.34 Å². The van der Waals surface area contributed by atoms with Crippen molar-refractivity contribution in [1.29, 1.82) is 0 Å². The van der Waals surface area contributed by atoms with E-state index < -0.39 is 7.34 Å². The maximum Gasteiger partial charge on any atom is 0.307 e. The predicted molar refractivity (Wildman–Crippen MR) is 125 cm³/mol. The van der Waals surface area contributed by atoms with Gasteiger partial charge in [-0.25, -0.2) is 0 Å². The Morgan fingerprint density at radius 2 is 1.20 bits per heavy atom. The molecular weight excluding hydrogens is 391 g/mol. The third-order valence-electron chi connectivity index (χ3n) is 4.98. The molecule has 0 aromatic heterocycles. The largest absolute Gasteiger partial charge is 0.418 e. The second-order valence-corrected chi connectivity index (χ2v) is 9.54. The van der Waals surface area contributed by atoms with Crippen LogP contribution in [0.2, 0.25) is 0 Å². The van der Waals surface area contributed by atoms with Gasteiger partial charge in [0, 0.05) is 24.6 Å². The molecule has 3 aromatic carbocycles. The van der Waals surface area contributed by atoms with Crippen molar-refractivity contribution in [1.82, 2.24) is 0 Å². The highest BCUT2D eigenvalue weighted by Crippen LogP contribution is 2.65. The van der Waals surface area contributed by atoms with Crippen LogP contribution in [-0.2, 0) is 13.8 Å². The fraction of sp³-hybridized carbons (Fsp3) is 0.0769. The van der Waals surface area contributed by atoms with Crippen molar-refractivity contribution in [3.05, 3.63) is 120 Å². The van der Waals surface area contributed by atoms with Crippen molar-refractivity contribution in [2.45, 2.75) is 6.92 Å². The van der Waals surface area contributed by atoms with Crippen LogP contribution < -0.4 is 0 Å². The summed E-state index contributed by atoms with van der Waals surface area (Å²) in [4.78, 5) is 12.2. The van der Waals surface area contributed by atoms with E-state index in [1.54, 1.807) is 7.11 Å². The molecule has 0 N–H and O–H groups in total. The summed E-state index contributed by atoms with van der Waals surface area (Å²) in [5.41, 5.74) is 4.09. The van der Waals surface area contributed by atoms with E-state index >= 15 is 0 Å². The first-order valence-corrected chi connectivity index (χ1v) is 11.4. The molecule has 1 heterocycles. The SMILES string of the molecule is COP1(OC(C)=O)=C(c2ccccc2)C=C(c2ccccc2)C=C1c1ccccc1. The van der Waals surface area contributed by atoms with E-state index in [4.69, 9.17) is 9.05 Å². The first-order chi connectivity index (χ1) is 14.6. The molecule has 30 heavy (non-hydrogen) atoms. The normalized spacial score (nSPS) is 18.4. The van der Waals surface area contributed by atoms with Gasteiger partial charge in [0.05, 0.1) is 0 Å². The minimum Gasteiger partial charge on any atom is -0.418 e. The first kappa shape index (κ1) is 20.2. The smallest absolute Gasteiger partial charge is 0.307 e. The molecule has 4 rings (SSSR count). The Balaban J connectivity index is 2.09. The summed E-state index contributed by atoms with van der Waals surface area (Å²) in [6.45, 7) is 1.43. The lowest BCUT2D eigenvalue weighted by Gasteiger charge is -2.32. The lowest BCUT2D eigenvalue weighted by molar-refractivity contribution is -0.131. The minimum absolute atomic E-state index is 0.364. The fourth-order valence-electron chi connectivity index (χ4n) is 3.67. The number of carbonyl (C=O) groups is 1. The van der Waals surface area contributed by atoms with Crippen molar-refractivity contribution in [3.63, 3.8) is 0 Å². The van der Waals surface area contributed by atoms with Crippen molar-refractivity contribution in [2.75, 3.05) is 7.11 Å². The molecule has 0 amide bonds. The standard InChI is InChI=1S/C26H23O3P/c1-20(27)29-30(28-2)25(22-14-8-4-9-15-22)18-24(21-12-6-3-7-13-21)19-26(30)23-16-10-5-11-17-23/h3-19H,1-2H3. The zero-order valence-electron chi connectivity index (χ0n) is 17.0. The zero-order valence-corrected chi connectivity index (χ0v) is 17.9. The number of benzene rings is 3. The van der Waals surface area contributed by atoms with E-state index in [0.29, 0.717) is 0 Å². The van der Waals surface area contributed by atoms with Gasteiger partial charge >= 0.3 is 5.97 Å². The van der Waals surface area contributed by atoms with Gasteiger partial charge in [-0.1, -0.05) is 91.0 Å². The average molecular weight is 414 g/mol. The van der Waals surface area contributed by atoms with Gasteiger partial charge < -0.3 is 9.05 Å². The maximum absolute atomic E-state index is 12.2. The van der Waals surface area contributed by atoms with E-state index in [0.717, 1.165) is 32.9 Å². The Morgan fingerprint density at radius 3 is 1.70 bits per heavy atom. The molecule has 1 aliphatic heterocycles. The zero-order chi connectivity index (χ0) is 21.0. The third kappa shape index (κ3) is 3.82. The molecule has 0 saturated carbocycles. The van der Waals surface area contributed by atoms with Crippen LogP contribution in [0, 0.1) is 0 Å². The van der Waals surface area contributed by atoms with Crippen LogP contribution in [0.3, 0.4) is 0 Å². The summed E-state index contributed by atoms with van der Waals surface area (Å²) in [7, 11) is -1.27. The van der Waals surface area contributed by atoms with Gasteiger partial charge in [-0.15, -0.1) is 0 Å². The van der Waals surface area contributed by atoms with Gasteiger partial charge in [0.25, 0.3) is 0 Å².